The number of hydrogen-bond acceptors (Lipinski definition) is 4. The van der Waals surface area contributed by atoms with Crippen molar-refractivity contribution in [3.8, 4) is 0 Å². The van der Waals surface area contributed by atoms with E-state index in [4.69, 9.17) is 15.9 Å². The molecule has 6 nitrogen and oxygen atoms in total. The second-order valence-corrected chi connectivity index (χ2v) is 4.76. The van der Waals surface area contributed by atoms with Gasteiger partial charge in [0.15, 0.2) is 0 Å². The number of benzene rings is 1. The molecule has 1 aromatic carbocycles. The predicted molar refractivity (Wildman–Crippen MR) is 74.4 cm³/mol. The van der Waals surface area contributed by atoms with Crippen LogP contribution in [-0.2, 0) is 16.0 Å². The van der Waals surface area contributed by atoms with E-state index < -0.39 is 18.0 Å². The van der Waals surface area contributed by atoms with Gasteiger partial charge < -0.3 is 21.3 Å². The summed E-state index contributed by atoms with van der Waals surface area (Å²) in [6, 6.07) is 4.42. The first kappa shape index (κ1) is 17.1. The number of carbonyl (C=O) groups is 2. The molecular weight excluding hydrogens is 279 g/mol. The molecule has 1 aromatic rings. The highest BCUT2D eigenvalue weighted by Gasteiger charge is 2.20. The lowest BCUT2D eigenvalue weighted by molar-refractivity contribution is -0.139. The van der Waals surface area contributed by atoms with E-state index in [0.717, 1.165) is 24.9 Å². The number of carboxylic acids is 2. The van der Waals surface area contributed by atoms with E-state index in [9.17, 15) is 14.0 Å². The minimum atomic E-state index is -1.05. The van der Waals surface area contributed by atoms with Crippen LogP contribution in [0.25, 0.3) is 0 Å². The van der Waals surface area contributed by atoms with Gasteiger partial charge in [0, 0.05) is 0 Å². The lowest BCUT2D eigenvalue weighted by Crippen LogP contribution is -2.32. The van der Waals surface area contributed by atoms with E-state index in [0.29, 0.717) is 0 Å². The van der Waals surface area contributed by atoms with Crippen LogP contribution in [0, 0.1) is 5.82 Å². The summed E-state index contributed by atoms with van der Waals surface area (Å²) in [6.07, 6.45) is 2.00. The summed E-state index contributed by atoms with van der Waals surface area (Å²) in [5, 5.41) is 19.7. The summed E-state index contributed by atoms with van der Waals surface area (Å²) in [5.74, 6) is -2.11. The van der Waals surface area contributed by atoms with Gasteiger partial charge in [-0.3, -0.25) is 9.59 Å². The highest BCUT2D eigenvalue weighted by Crippen LogP contribution is 2.05. The van der Waals surface area contributed by atoms with Crippen molar-refractivity contribution in [1.82, 2.24) is 5.32 Å². The first-order chi connectivity index (χ1) is 9.90. The fourth-order valence-corrected chi connectivity index (χ4v) is 1.86. The van der Waals surface area contributed by atoms with E-state index in [-0.39, 0.29) is 18.3 Å². The van der Waals surface area contributed by atoms with E-state index in [2.05, 4.69) is 5.32 Å². The lowest BCUT2D eigenvalue weighted by Gasteiger charge is -2.05. The molecule has 1 unspecified atom stereocenters. The summed E-state index contributed by atoms with van der Waals surface area (Å²) in [6.45, 7) is 0.858. The Morgan fingerprint density at radius 1 is 1.33 bits per heavy atom. The van der Waals surface area contributed by atoms with Crippen molar-refractivity contribution in [3.63, 3.8) is 0 Å². The largest absolute Gasteiger partial charge is 0.480 e. The highest BCUT2D eigenvalue weighted by molar-refractivity contribution is 5.74. The van der Waals surface area contributed by atoms with Crippen molar-refractivity contribution in [3.05, 3.63) is 35.6 Å². The van der Waals surface area contributed by atoms with Crippen molar-refractivity contribution in [2.24, 2.45) is 5.73 Å². The standard InChI is InChI=1S/C9H10FNO2.C5H9NO2/c10-7-3-1-6(2-4-7)5-8(11)9(12)13;7-5(8)4-2-1-3-6-4/h1-4,8H,5,11H2,(H,12,13);4,6H,1-3H2,(H,7,8)/t;4-/m.0/s1. The summed E-state index contributed by atoms with van der Waals surface area (Å²) < 4.78 is 12.4. The number of aliphatic carboxylic acids is 2. The number of hydrogen-bond donors (Lipinski definition) is 4. The molecule has 5 N–H and O–H groups in total. The van der Waals surface area contributed by atoms with E-state index >= 15 is 0 Å². The van der Waals surface area contributed by atoms with Crippen LogP contribution in [0.5, 0.6) is 0 Å². The van der Waals surface area contributed by atoms with Gasteiger partial charge >= 0.3 is 11.9 Å². The molecule has 1 heterocycles. The average Bonchev–Trinajstić information content (AvgIpc) is 2.96. The van der Waals surface area contributed by atoms with Gasteiger partial charge in [0.25, 0.3) is 0 Å². The fourth-order valence-electron chi connectivity index (χ4n) is 1.86. The third kappa shape index (κ3) is 6.33. The Labute approximate surface area is 121 Å². The Kier molecular flexibility index (Phi) is 6.77. The number of rotatable bonds is 4. The molecule has 1 aliphatic heterocycles. The van der Waals surface area contributed by atoms with Crippen molar-refractivity contribution < 1.29 is 24.2 Å². The zero-order chi connectivity index (χ0) is 15.8. The van der Waals surface area contributed by atoms with Gasteiger partial charge in [-0.15, -0.1) is 0 Å². The number of halogens is 1. The van der Waals surface area contributed by atoms with Gasteiger partial charge in [-0.2, -0.15) is 0 Å². The Bertz CT molecular complexity index is 472. The second kappa shape index (κ2) is 8.33. The zero-order valence-electron chi connectivity index (χ0n) is 11.5. The maximum atomic E-state index is 12.4. The van der Waals surface area contributed by atoms with Gasteiger partial charge in [0.1, 0.15) is 17.9 Å². The minimum Gasteiger partial charge on any atom is -0.480 e. The monoisotopic (exact) mass is 298 g/mol. The van der Waals surface area contributed by atoms with Crippen molar-refractivity contribution in [2.75, 3.05) is 6.54 Å². The maximum Gasteiger partial charge on any atom is 0.320 e. The molecule has 0 aliphatic carbocycles. The quantitative estimate of drug-likeness (QED) is 0.647. The molecule has 1 saturated heterocycles. The molecule has 0 bridgehead atoms. The molecule has 0 spiro atoms. The van der Waals surface area contributed by atoms with Gasteiger partial charge in [0.05, 0.1) is 0 Å². The second-order valence-electron chi connectivity index (χ2n) is 4.76. The van der Waals surface area contributed by atoms with Crippen LogP contribution in [0.1, 0.15) is 18.4 Å². The summed E-state index contributed by atoms with van der Waals surface area (Å²) >= 11 is 0. The van der Waals surface area contributed by atoms with Gasteiger partial charge in [-0.05, 0) is 43.5 Å². The Balaban J connectivity index is 0.000000235. The molecule has 0 aromatic heterocycles. The number of nitrogens with two attached hydrogens (primary N) is 1. The van der Waals surface area contributed by atoms with E-state index in [1.165, 1.54) is 24.3 Å². The third-order valence-electron chi connectivity index (χ3n) is 3.04. The summed E-state index contributed by atoms with van der Waals surface area (Å²) in [5.41, 5.74) is 6.01. The van der Waals surface area contributed by atoms with Gasteiger partial charge in [-0.25, -0.2) is 4.39 Å². The molecule has 2 atom stereocenters. The zero-order valence-corrected chi connectivity index (χ0v) is 11.5. The van der Waals surface area contributed by atoms with E-state index in [1.54, 1.807) is 0 Å². The molecule has 2 rings (SSSR count). The number of carboxylic acid groups (broad SMARTS) is 2. The van der Waals surface area contributed by atoms with E-state index in [1.807, 2.05) is 0 Å². The van der Waals surface area contributed by atoms with Crippen molar-refractivity contribution >= 4 is 11.9 Å². The van der Waals surface area contributed by atoms with Crippen LogP contribution >= 0.6 is 0 Å². The van der Waals surface area contributed by atoms with Gasteiger partial charge in [-0.1, -0.05) is 12.1 Å². The molecule has 0 amide bonds. The molecule has 0 radical (unpaired) electrons. The molecule has 0 saturated carbocycles. The summed E-state index contributed by atoms with van der Waals surface area (Å²) in [4.78, 5) is 20.5. The highest BCUT2D eigenvalue weighted by atomic mass is 19.1. The van der Waals surface area contributed by atoms with Crippen LogP contribution in [0.2, 0.25) is 0 Å². The minimum absolute atomic E-state index is 0.218. The average molecular weight is 298 g/mol. The first-order valence-electron chi connectivity index (χ1n) is 6.59. The molecule has 7 heteroatoms. The van der Waals surface area contributed by atoms with Crippen LogP contribution in [0.4, 0.5) is 4.39 Å². The third-order valence-corrected chi connectivity index (χ3v) is 3.04. The predicted octanol–water partition coefficient (Wildman–Crippen LogP) is 0.603. The van der Waals surface area contributed by atoms with Crippen LogP contribution in [-0.4, -0.2) is 40.8 Å². The molecular formula is C14H19FN2O4. The molecule has 1 fully saturated rings. The number of nitrogens with one attached hydrogen (secondary N) is 1. The topological polar surface area (TPSA) is 113 Å². The molecule has 21 heavy (non-hydrogen) atoms. The van der Waals surface area contributed by atoms with Crippen LogP contribution < -0.4 is 11.1 Å². The lowest BCUT2D eigenvalue weighted by atomic mass is 10.1. The molecule has 116 valence electrons. The fraction of sp³-hybridized carbons (Fsp3) is 0.429. The van der Waals surface area contributed by atoms with Crippen LogP contribution in [0.15, 0.2) is 24.3 Å². The SMILES string of the molecule is NC(Cc1ccc(F)cc1)C(=O)O.O=C(O)[C@@H]1CCCN1. The van der Waals surface area contributed by atoms with Crippen molar-refractivity contribution in [1.29, 1.82) is 0 Å². The Morgan fingerprint density at radius 2 is 1.95 bits per heavy atom. The Hall–Kier alpha value is -1.99. The molecule has 1 aliphatic rings. The first-order valence-corrected chi connectivity index (χ1v) is 6.59. The van der Waals surface area contributed by atoms with Crippen molar-refractivity contribution in [2.45, 2.75) is 31.3 Å². The van der Waals surface area contributed by atoms with Gasteiger partial charge in [0.2, 0.25) is 0 Å². The van der Waals surface area contributed by atoms with Crippen LogP contribution in [0.3, 0.4) is 0 Å². The summed E-state index contributed by atoms with van der Waals surface area (Å²) in [7, 11) is 0. The normalized spacial score (nSPS) is 18.5. The Morgan fingerprint density at radius 3 is 2.33 bits per heavy atom. The smallest absolute Gasteiger partial charge is 0.320 e. The maximum absolute atomic E-state index is 12.4.